The van der Waals surface area contributed by atoms with Gasteiger partial charge in [0.2, 0.25) is 0 Å². The Morgan fingerprint density at radius 1 is 1.24 bits per heavy atom. The molecule has 1 amide bonds. The highest BCUT2D eigenvalue weighted by molar-refractivity contribution is 5.68. The van der Waals surface area contributed by atoms with Gasteiger partial charge in [0.15, 0.2) is 6.61 Å². The lowest BCUT2D eigenvalue weighted by Gasteiger charge is -2.41. The molecule has 34 heavy (non-hydrogen) atoms. The quantitative estimate of drug-likeness (QED) is 0.566. The van der Waals surface area contributed by atoms with Gasteiger partial charge in [0.25, 0.3) is 6.43 Å². The van der Waals surface area contributed by atoms with Crippen LogP contribution in [0.15, 0.2) is 30.5 Å². The first-order chi connectivity index (χ1) is 16.4. The fraction of sp³-hybridized carbons (Fsp3) is 0.600. The summed E-state index contributed by atoms with van der Waals surface area (Å²) in [7, 11) is 0. The maximum Gasteiger partial charge on any atom is 0.410 e. The molecule has 1 N–H and O–H groups in total. The van der Waals surface area contributed by atoms with E-state index in [4.69, 9.17) is 9.47 Å². The molecule has 2 aliphatic rings. The summed E-state index contributed by atoms with van der Waals surface area (Å²) in [6.07, 6.45) is 3.42. The van der Waals surface area contributed by atoms with E-state index in [2.05, 4.69) is 10.2 Å². The predicted molar refractivity (Wildman–Crippen MR) is 120 cm³/mol. The van der Waals surface area contributed by atoms with E-state index < -0.39 is 19.1 Å². The number of nitrogens with one attached hydrogen (secondary N) is 1. The Morgan fingerprint density at radius 2 is 2.03 bits per heavy atom. The molecule has 2 fully saturated rings. The second kappa shape index (κ2) is 11.3. The van der Waals surface area contributed by atoms with E-state index in [0.29, 0.717) is 19.1 Å². The molecule has 0 radical (unpaired) electrons. The van der Waals surface area contributed by atoms with Gasteiger partial charge in [-0.25, -0.2) is 18.0 Å². The summed E-state index contributed by atoms with van der Waals surface area (Å²) in [5, 5.41) is 7.17. The number of hydrogen-bond acceptors (Lipinski definition) is 4. The van der Waals surface area contributed by atoms with Crippen molar-refractivity contribution < 1.29 is 27.4 Å². The number of benzene rings is 1. The van der Waals surface area contributed by atoms with Gasteiger partial charge in [0.05, 0.1) is 24.9 Å². The highest BCUT2D eigenvalue weighted by atomic mass is 19.3. The number of hydrogen-bond donors (Lipinski definition) is 1. The maximum atomic E-state index is 13.6. The molecule has 1 aromatic heterocycles. The van der Waals surface area contributed by atoms with Crippen molar-refractivity contribution in [1.82, 2.24) is 15.1 Å². The van der Waals surface area contributed by atoms with E-state index in [1.165, 1.54) is 11.0 Å². The molecule has 0 spiro atoms. The second-order valence-electron chi connectivity index (χ2n) is 9.31. The number of amides is 1. The average molecular weight is 480 g/mol. The average Bonchev–Trinajstić information content (AvgIpc) is 3.27. The van der Waals surface area contributed by atoms with Gasteiger partial charge in [0.1, 0.15) is 5.82 Å². The molecule has 2 aromatic rings. The van der Waals surface area contributed by atoms with Crippen LogP contribution in [0.3, 0.4) is 0 Å². The number of carbonyl (C=O) groups excluding carboxylic acids is 1. The highest BCUT2D eigenvalue weighted by Crippen LogP contribution is 2.37. The Balaban J connectivity index is 1.40. The van der Waals surface area contributed by atoms with E-state index in [1.807, 2.05) is 13.0 Å². The van der Waals surface area contributed by atoms with E-state index in [0.717, 1.165) is 55.3 Å². The van der Waals surface area contributed by atoms with Crippen LogP contribution in [0.4, 0.5) is 18.0 Å². The number of rotatable bonds is 7. The minimum absolute atomic E-state index is 0.0363. The van der Waals surface area contributed by atoms with Crippen LogP contribution in [-0.2, 0) is 9.47 Å². The molecular formula is C25H32F3N3O3. The third-order valence-electron chi connectivity index (χ3n) is 7.08. The number of ether oxygens (including phenoxy) is 2. The number of likely N-dealkylation sites (tertiary alicyclic amines) is 1. The maximum absolute atomic E-state index is 13.6. The number of H-pyrrole nitrogens is 1. The number of aromatic amines is 1. The summed E-state index contributed by atoms with van der Waals surface area (Å²) in [5.74, 6) is 0.0533. The van der Waals surface area contributed by atoms with Gasteiger partial charge >= 0.3 is 6.09 Å². The van der Waals surface area contributed by atoms with Crippen LogP contribution in [-0.4, -0.2) is 59.5 Å². The lowest BCUT2D eigenvalue weighted by Crippen LogP contribution is -2.51. The van der Waals surface area contributed by atoms with Crippen LogP contribution in [0.2, 0.25) is 0 Å². The number of piperidine rings is 1. The monoisotopic (exact) mass is 479 g/mol. The van der Waals surface area contributed by atoms with Crippen LogP contribution in [0, 0.1) is 12.7 Å². The Morgan fingerprint density at radius 3 is 2.71 bits per heavy atom. The van der Waals surface area contributed by atoms with Crippen molar-refractivity contribution in [3.05, 3.63) is 53.1 Å². The van der Waals surface area contributed by atoms with Crippen molar-refractivity contribution in [3.8, 4) is 0 Å². The zero-order chi connectivity index (χ0) is 24.1. The molecule has 9 heteroatoms. The van der Waals surface area contributed by atoms with Crippen LogP contribution in [0.1, 0.15) is 67.2 Å². The number of aromatic nitrogens is 2. The number of nitrogens with zero attached hydrogens (tertiary/aromatic N) is 2. The molecule has 186 valence electrons. The Bertz CT molecular complexity index is 946. The lowest BCUT2D eigenvalue weighted by atomic mass is 9.82. The summed E-state index contributed by atoms with van der Waals surface area (Å²) in [6.45, 7) is 1.77. The lowest BCUT2D eigenvalue weighted by molar-refractivity contribution is -0.0323. The number of alkyl halides is 2. The molecule has 0 unspecified atom stereocenters. The summed E-state index contributed by atoms with van der Waals surface area (Å²) in [4.78, 5) is 14.2. The van der Waals surface area contributed by atoms with Gasteiger partial charge in [-0.05, 0) is 74.6 Å². The highest BCUT2D eigenvalue weighted by Gasteiger charge is 2.38. The van der Waals surface area contributed by atoms with E-state index in [1.54, 1.807) is 18.3 Å². The number of carbonyl (C=O) groups is 1. The molecule has 4 rings (SSSR count). The van der Waals surface area contributed by atoms with E-state index >= 15 is 0 Å². The number of halogens is 3. The van der Waals surface area contributed by atoms with Crippen LogP contribution < -0.4 is 0 Å². The van der Waals surface area contributed by atoms with Gasteiger partial charge < -0.3 is 14.4 Å². The summed E-state index contributed by atoms with van der Waals surface area (Å²) < 4.78 is 50.0. The molecule has 1 saturated carbocycles. The van der Waals surface area contributed by atoms with Crippen molar-refractivity contribution in [1.29, 1.82) is 0 Å². The SMILES string of the molecule is Cc1cn[nH]c1[C@H]1CCCN(C(=O)OCC(F)F)[C@H]1COC1CCC(c2cccc(F)c2)CC1. The van der Waals surface area contributed by atoms with Gasteiger partial charge in [0, 0.05) is 18.2 Å². The fourth-order valence-corrected chi connectivity index (χ4v) is 5.33. The van der Waals surface area contributed by atoms with Crippen molar-refractivity contribution in [3.63, 3.8) is 0 Å². The Kier molecular flexibility index (Phi) is 8.13. The summed E-state index contributed by atoms with van der Waals surface area (Å²) in [6, 6.07) is 6.44. The van der Waals surface area contributed by atoms with Crippen molar-refractivity contribution in [2.24, 2.45) is 0 Å². The van der Waals surface area contributed by atoms with Crippen molar-refractivity contribution in [2.75, 3.05) is 19.8 Å². The normalized spacial score (nSPS) is 25.5. The fourth-order valence-electron chi connectivity index (χ4n) is 5.33. The third-order valence-corrected chi connectivity index (χ3v) is 7.08. The third kappa shape index (κ3) is 5.92. The predicted octanol–water partition coefficient (Wildman–Crippen LogP) is 5.55. The van der Waals surface area contributed by atoms with Gasteiger partial charge in [-0.1, -0.05) is 12.1 Å². The van der Waals surface area contributed by atoms with Crippen LogP contribution >= 0.6 is 0 Å². The Labute approximate surface area is 197 Å². The smallest absolute Gasteiger partial charge is 0.410 e. The minimum Gasteiger partial charge on any atom is -0.443 e. The van der Waals surface area contributed by atoms with Crippen LogP contribution in [0.25, 0.3) is 0 Å². The molecule has 0 bridgehead atoms. The van der Waals surface area contributed by atoms with E-state index in [-0.39, 0.29) is 23.9 Å². The zero-order valence-corrected chi connectivity index (χ0v) is 19.4. The largest absolute Gasteiger partial charge is 0.443 e. The standard InChI is InChI=1S/C25H32F3N3O3/c1-16-13-29-30-24(16)21-6-3-11-31(25(32)34-15-23(27)28)22(21)14-33-20-9-7-17(8-10-20)18-4-2-5-19(26)12-18/h2,4-5,12-13,17,20-23H,3,6-11,14-15H2,1H3,(H,29,30)/t17?,20?,21-,22-/m0/s1. The zero-order valence-electron chi connectivity index (χ0n) is 19.4. The summed E-state index contributed by atoms with van der Waals surface area (Å²) in [5.41, 5.74) is 2.96. The number of aryl methyl sites for hydroxylation is 1. The van der Waals surface area contributed by atoms with Gasteiger partial charge in [-0.3, -0.25) is 5.10 Å². The van der Waals surface area contributed by atoms with Gasteiger partial charge in [-0.2, -0.15) is 5.10 Å². The van der Waals surface area contributed by atoms with E-state index in [9.17, 15) is 18.0 Å². The van der Waals surface area contributed by atoms with Gasteiger partial charge in [-0.15, -0.1) is 0 Å². The summed E-state index contributed by atoms with van der Waals surface area (Å²) >= 11 is 0. The topological polar surface area (TPSA) is 67.5 Å². The molecule has 6 nitrogen and oxygen atoms in total. The molecule has 2 atom stereocenters. The molecule has 2 heterocycles. The first-order valence-electron chi connectivity index (χ1n) is 12.0. The second-order valence-corrected chi connectivity index (χ2v) is 9.31. The van der Waals surface area contributed by atoms with Crippen molar-refractivity contribution in [2.45, 2.75) is 75.9 Å². The molecule has 1 aromatic carbocycles. The molecule has 1 aliphatic carbocycles. The first kappa shape index (κ1) is 24.6. The Hall–Kier alpha value is -2.55. The van der Waals surface area contributed by atoms with Crippen LogP contribution in [0.5, 0.6) is 0 Å². The minimum atomic E-state index is -2.71. The first-order valence-corrected chi connectivity index (χ1v) is 12.0. The molecule has 1 aliphatic heterocycles. The van der Waals surface area contributed by atoms with Crippen molar-refractivity contribution >= 4 is 6.09 Å². The molecular weight excluding hydrogens is 447 g/mol. The molecule has 1 saturated heterocycles.